The van der Waals surface area contributed by atoms with Crippen LogP contribution in [0.2, 0.25) is 0 Å². The summed E-state index contributed by atoms with van der Waals surface area (Å²) in [5, 5.41) is 0. The molecule has 0 spiro atoms. The first kappa shape index (κ1) is 48.6. The van der Waals surface area contributed by atoms with E-state index in [1.807, 2.05) is 4.90 Å². The molecule has 7 heterocycles. The molecule has 3 aromatic carbocycles. The van der Waals surface area contributed by atoms with Gasteiger partial charge in [-0.15, -0.1) is 0 Å². The van der Waals surface area contributed by atoms with Crippen molar-refractivity contribution in [2.75, 3.05) is 50.3 Å². The van der Waals surface area contributed by atoms with Crippen molar-refractivity contribution < 1.29 is 50.4 Å². The lowest BCUT2D eigenvalue weighted by molar-refractivity contribution is -0.154. The molecular weight excluding hydrogens is 926 g/mol. The highest BCUT2D eigenvalue weighted by Crippen LogP contribution is 2.56. The van der Waals surface area contributed by atoms with Crippen LogP contribution in [0.25, 0.3) is 0 Å². The second-order valence-corrected chi connectivity index (χ2v) is 20.9. The van der Waals surface area contributed by atoms with Crippen molar-refractivity contribution in [3.05, 3.63) is 118 Å². The Labute approximate surface area is 410 Å². The summed E-state index contributed by atoms with van der Waals surface area (Å²) in [6.45, 7) is 13.9. The molecule has 4 fully saturated rings. The van der Waals surface area contributed by atoms with Gasteiger partial charge in [-0.25, -0.2) is 28.5 Å². The van der Waals surface area contributed by atoms with Gasteiger partial charge in [-0.1, -0.05) is 36.4 Å². The summed E-state index contributed by atoms with van der Waals surface area (Å²) >= 11 is 0. The summed E-state index contributed by atoms with van der Waals surface area (Å²) in [6.07, 6.45) is -4.61. The number of benzene rings is 3. The van der Waals surface area contributed by atoms with Gasteiger partial charge >= 0.3 is 12.3 Å². The quantitative estimate of drug-likeness (QED) is 0.106. The summed E-state index contributed by atoms with van der Waals surface area (Å²) < 4.78 is 115. The maximum atomic E-state index is 18.9. The number of alkyl halides is 4. The number of nitrogens with zero attached hydrogens (tertiary/aromatic N) is 7. The number of aliphatic imine (C=N–C) groups is 1. The molecule has 2 bridgehead atoms. The van der Waals surface area contributed by atoms with Crippen LogP contribution in [0.3, 0.4) is 0 Å². The minimum Gasteiger partial charge on any atom is -0.497 e. The van der Waals surface area contributed by atoms with Crippen LogP contribution in [0.1, 0.15) is 105 Å². The molecule has 4 saturated heterocycles. The topological polar surface area (TPSA) is 114 Å². The number of anilines is 2. The molecule has 0 radical (unpaired) electrons. The van der Waals surface area contributed by atoms with Gasteiger partial charge in [-0.2, -0.15) is 13.2 Å². The third kappa shape index (κ3) is 8.51. The molecule has 4 aromatic rings. The number of piperazine rings is 1. The van der Waals surface area contributed by atoms with E-state index in [4.69, 9.17) is 33.7 Å². The van der Waals surface area contributed by atoms with Crippen LogP contribution in [-0.4, -0.2) is 108 Å². The molecule has 13 nitrogen and oxygen atoms in total. The molecule has 2 unspecified atom stereocenters. The minimum absolute atomic E-state index is 0.0263. The lowest BCUT2D eigenvalue weighted by atomic mass is 9.84. The molecule has 71 heavy (non-hydrogen) atoms. The Morgan fingerprint density at radius 1 is 0.986 bits per heavy atom. The largest absolute Gasteiger partial charge is 0.497 e. The monoisotopic (exact) mass is 985 g/mol. The Morgan fingerprint density at radius 3 is 2.27 bits per heavy atom. The van der Waals surface area contributed by atoms with E-state index >= 15 is 22.0 Å². The predicted octanol–water partition coefficient (Wildman–Crippen LogP) is 9.98. The molecule has 10 rings (SSSR count). The number of carbonyl (C=O) groups excluding carboxylic acids is 1. The normalized spacial score (nSPS) is 26.8. The number of halogens is 5. The van der Waals surface area contributed by atoms with E-state index in [2.05, 4.69) is 16.5 Å². The highest BCUT2D eigenvalue weighted by molar-refractivity contribution is 6.02. The summed E-state index contributed by atoms with van der Waals surface area (Å²) in [5.41, 5.74) is -5.33. The van der Waals surface area contributed by atoms with Gasteiger partial charge in [0.05, 0.1) is 55.9 Å². The number of rotatable bonds is 11. The molecule has 6 aliphatic rings. The zero-order valence-corrected chi connectivity index (χ0v) is 41.1. The molecule has 0 N–H and O–H groups in total. The van der Waals surface area contributed by atoms with Gasteiger partial charge in [0.25, 0.3) is 0 Å². The fraction of sp³-hybridized carbons (Fsp3) is 0.509. The van der Waals surface area contributed by atoms with Crippen LogP contribution >= 0.6 is 0 Å². The van der Waals surface area contributed by atoms with E-state index in [0.29, 0.717) is 67.9 Å². The number of fused-ring (bicyclic) bond motifs is 6. The van der Waals surface area contributed by atoms with E-state index in [0.717, 1.165) is 25.0 Å². The fourth-order valence-electron chi connectivity index (χ4n) is 12.0. The standard InChI is InChI=1S/C53H60F5N7O6/c1-30-23-51(20-9-21-63(51)24-30)28-69-52(46(55)44-41-47(60-29-59-44)64-27-35-14-19-39(45(64)32(3)70-48(41)61-52)65(35)49(66)71-50(4,5)6)38-22-40(43(54)31(2)42(38)53(56,57)58)62(25-33-10-15-36(67-7)16-11-33)26-34-12-17-37(68-8)18-13-34/h10-13,15-18,22,29,32,35,39,45-46H,1,9,14,19-21,23-28H2,2-8H3/t32-,35+,39-,45+,46?,51-,52?/m0/s1. The third-order valence-corrected chi connectivity index (χ3v) is 15.1. The number of ether oxygens (including phenoxy) is 5. The van der Waals surface area contributed by atoms with Gasteiger partial charge in [0.1, 0.15) is 46.7 Å². The molecule has 7 atom stereocenters. The van der Waals surface area contributed by atoms with Gasteiger partial charge < -0.3 is 33.5 Å². The van der Waals surface area contributed by atoms with Crippen molar-refractivity contribution in [2.24, 2.45) is 4.99 Å². The second-order valence-electron chi connectivity index (χ2n) is 20.9. The smallest absolute Gasteiger partial charge is 0.417 e. The lowest BCUT2D eigenvalue weighted by Gasteiger charge is -2.48. The SMILES string of the molecule is C=C1CN2CCC[C@@]2(COC2(c3cc(N(Cc4ccc(OC)cc4)Cc4ccc(OC)cc4)c(F)c(C)c3C(F)(F)F)N=C3O[C@@H](C)[C@@H]4[C@@H]5CC[C@H](CN4c4ncnc(c43)C2F)N5C(=O)OC(C)(C)C)C1. The van der Waals surface area contributed by atoms with Crippen molar-refractivity contribution in [2.45, 2.75) is 133 Å². The Bertz CT molecular complexity index is 2700. The molecule has 0 aliphatic carbocycles. The minimum atomic E-state index is -5.23. The van der Waals surface area contributed by atoms with Gasteiger partial charge in [0.15, 0.2) is 6.17 Å². The molecular formula is C53H60F5N7O6. The third-order valence-electron chi connectivity index (χ3n) is 15.1. The van der Waals surface area contributed by atoms with E-state index in [1.165, 1.54) is 20.5 Å². The average Bonchev–Trinajstić information content (AvgIpc) is 3.94. The van der Waals surface area contributed by atoms with Crippen LogP contribution in [-0.2, 0) is 39.2 Å². The number of hydrogen-bond acceptors (Lipinski definition) is 12. The first-order valence-corrected chi connectivity index (χ1v) is 24.2. The molecule has 1 amide bonds. The number of hydrogen-bond donors (Lipinski definition) is 0. The summed E-state index contributed by atoms with van der Waals surface area (Å²) in [6, 6.07) is 13.9. The van der Waals surface area contributed by atoms with Crippen molar-refractivity contribution in [3.63, 3.8) is 0 Å². The van der Waals surface area contributed by atoms with Crippen molar-refractivity contribution in [3.8, 4) is 11.5 Å². The van der Waals surface area contributed by atoms with E-state index < -0.39 is 76.0 Å². The number of amides is 1. The summed E-state index contributed by atoms with van der Waals surface area (Å²) in [5.74, 6) is 0.0838. The first-order chi connectivity index (χ1) is 33.7. The summed E-state index contributed by atoms with van der Waals surface area (Å²) in [7, 11) is 3.07. The van der Waals surface area contributed by atoms with Crippen LogP contribution in [0.15, 0.2) is 78.1 Å². The van der Waals surface area contributed by atoms with Crippen LogP contribution in [0.4, 0.5) is 38.3 Å². The maximum absolute atomic E-state index is 18.9. The van der Waals surface area contributed by atoms with Gasteiger partial charge in [0.2, 0.25) is 11.6 Å². The first-order valence-electron chi connectivity index (χ1n) is 24.2. The zero-order chi connectivity index (χ0) is 50.4. The average molecular weight is 986 g/mol. The fourth-order valence-corrected chi connectivity index (χ4v) is 12.0. The van der Waals surface area contributed by atoms with Gasteiger partial charge in [-0.3, -0.25) is 9.80 Å². The summed E-state index contributed by atoms with van der Waals surface area (Å²) in [4.78, 5) is 35.6. The number of carbonyl (C=O) groups is 1. The van der Waals surface area contributed by atoms with Gasteiger partial charge in [-0.05, 0) is 120 Å². The van der Waals surface area contributed by atoms with Crippen molar-refractivity contribution in [1.29, 1.82) is 0 Å². The predicted molar refractivity (Wildman–Crippen MR) is 256 cm³/mol. The van der Waals surface area contributed by atoms with E-state index in [9.17, 15) is 4.79 Å². The number of methoxy groups -OCH3 is 2. The van der Waals surface area contributed by atoms with Crippen LogP contribution < -0.4 is 19.3 Å². The van der Waals surface area contributed by atoms with Crippen LogP contribution in [0.5, 0.6) is 11.5 Å². The zero-order valence-electron chi connectivity index (χ0n) is 41.1. The highest BCUT2D eigenvalue weighted by atomic mass is 19.4. The lowest BCUT2D eigenvalue weighted by Crippen LogP contribution is -2.65. The highest BCUT2D eigenvalue weighted by Gasteiger charge is 2.60. The van der Waals surface area contributed by atoms with E-state index in [1.54, 1.807) is 86.0 Å². The van der Waals surface area contributed by atoms with Crippen molar-refractivity contribution in [1.82, 2.24) is 19.8 Å². The van der Waals surface area contributed by atoms with Crippen molar-refractivity contribution >= 4 is 23.5 Å². The molecule has 6 aliphatic heterocycles. The Morgan fingerprint density at radius 2 is 1.65 bits per heavy atom. The second kappa shape index (κ2) is 17.9. The Kier molecular flexibility index (Phi) is 12.3. The number of aromatic nitrogens is 2. The maximum Gasteiger partial charge on any atom is 0.417 e. The molecule has 0 saturated carbocycles. The van der Waals surface area contributed by atoms with Gasteiger partial charge in [0, 0.05) is 37.3 Å². The van der Waals surface area contributed by atoms with Crippen LogP contribution in [0, 0.1) is 12.7 Å². The Balaban J connectivity index is 1.17. The van der Waals surface area contributed by atoms with E-state index in [-0.39, 0.29) is 54.4 Å². The Hall–Kier alpha value is -6.01. The molecule has 378 valence electrons. The molecule has 18 heteroatoms. The molecule has 1 aromatic heterocycles.